The molecular weight excluding hydrogens is 460 g/mol. The first kappa shape index (κ1) is 23.6. The minimum Gasteiger partial charge on any atom is -0.508 e. The molecule has 170 valence electrons. The van der Waals surface area contributed by atoms with E-state index in [9.17, 15) is 24.6 Å². The third-order valence-corrected chi connectivity index (χ3v) is 7.19. The second kappa shape index (κ2) is 9.60. The maximum Gasteiger partial charge on any atom is 0.352 e. The van der Waals surface area contributed by atoms with Gasteiger partial charge in [-0.25, -0.2) is 4.79 Å². The number of carbonyl (C=O) groups is 3. The quantitative estimate of drug-likeness (QED) is 0.247. The third kappa shape index (κ3) is 4.43. The number of hydrogen-bond donors (Lipinski definition) is 5. The first-order valence-electron chi connectivity index (χ1n) is 9.10. The van der Waals surface area contributed by atoms with Gasteiger partial charge in [0, 0.05) is 11.5 Å². The molecule has 14 heteroatoms. The van der Waals surface area contributed by atoms with Crippen LogP contribution in [0.25, 0.3) is 0 Å². The van der Waals surface area contributed by atoms with Crippen molar-refractivity contribution in [3.8, 4) is 5.75 Å². The maximum absolute atomic E-state index is 12.7. The molecule has 2 aromatic rings. The van der Waals surface area contributed by atoms with Crippen LogP contribution in [0.2, 0.25) is 0 Å². The van der Waals surface area contributed by atoms with Gasteiger partial charge >= 0.3 is 5.97 Å². The van der Waals surface area contributed by atoms with Crippen LogP contribution in [0, 0.1) is 0 Å². The number of rotatable bonds is 7. The van der Waals surface area contributed by atoms with E-state index >= 15 is 0 Å². The number of aliphatic carboxylic acids is 1. The first-order chi connectivity index (χ1) is 14.9. The van der Waals surface area contributed by atoms with Crippen molar-refractivity contribution in [1.29, 1.82) is 0 Å². The number of phenolic OH excluding ortho intramolecular Hbond substituents is 1. The number of nitrogens with zero attached hydrogens (tertiary/aromatic N) is 3. The molecule has 3 heterocycles. The molecule has 1 saturated heterocycles. The van der Waals surface area contributed by atoms with Crippen LogP contribution in [0.15, 0.2) is 46.8 Å². The van der Waals surface area contributed by atoms with Gasteiger partial charge in [0.1, 0.15) is 33.9 Å². The van der Waals surface area contributed by atoms with E-state index in [0.29, 0.717) is 27.7 Å². The monoisotopic (exact) mass is 480 g/mol. The number of aromatic amines is 1. The molecule has 12 nitrogen and oxygen atoms in total. The van der Waals surface area contributed by atoms with E-state index in [0.717, 1.165) is 0 Å². The fourth-order valence-corrected chi connectivity index (χ4v) is 5.56. The van der Waals surface area contributed by atoms with Crippen LogP contribution in [-0.4, -0.2) is 76.7 Å². The Labute approximate surface area is 189 Å². The highest BCUT2D eigenvalue weighted by Crippen LogP contribution is 2.41. The standard InChI is InChI=1S/C18H18N6O5S2.H2O/c19-12(8-1-3-10(25)4-2-8)15(26)21-13-16(27)24-14(18(28)29)9(7-31-17(13)24)6-30-11-5-20-23-22-11;/h1-5,12-13,17,25H,6-7,19H2,(H,21,26)(H,28,29)(H,20,22,23);1H2/t12-,13?,17-;/m1./s1. The summed E-state index contributed by atoms with van der Waals surface area (Å²) in [7, 11) is 0. The summed E-state index contributed by atoms with van der Waals surface area (Å²) in [6.45, 7) is 0. The molecule has 0 aliphatic carbocycles. The number of carbonyl (C=O) groups excluding carboxylic acids is 2. The zero-order valence-electron chi connectivity index (χ0n) is 16.4. The fourth-order valence-electron chi connectivity index (χ4n) is 3.29. The van der Waals surface area contributed by atoms with Crippen LogP contribution in [0.5, 0.6) is 5.75 Å². The summed E-state index contributed by atoms with van der Waals surface area (Å²) in [4.78, 5) is 38.4. The third-order valence-electron chi connectivity index (χ3n) is 4.87. The molecular formula is C18H20N6O6S2. The molecule has 1 aromatic heterocycles. The summed E-state index contributed by atoms with van der Waals surface area (Å²) in [5.74, 6) is -1.45. The van der Waals surface area contributed by atoms with Gasteiger partial charge in [0.2, 0.25) is 5.91 Å². The number of thioether (sulfide) groups is 2. The predicted molar refractivity (Wildman–Crippen MR) is 115 cm³/mol. The van der Waals surface area contributed by atoms with Gasteiger partial charge in [-0.2, -0.15) is 10.3 Å². The van der Waals surface area contributed by atoms with E-state index in [4.69, 9.17) is 5.73 Å². The summed E-state index contributed by atoms with van der Waals surface area (Å²) in [6.07, 6.45) is 1.53. The van der Waals surface area contributed by atoms with Gasteiger partial charge in [-0.3, -0.25) is 14.5 Å². The lowest BCUT2D eigenvalue weighted by Crippen LogP contribution is -2.71. The van der Waals surface area contributed by atoms with Crippen molar-refractivity contribution in [1.82, 2.24) is 25.6 Å². The zero-order valence-corrected chi connectivity index (χ0v) is 18.0. The number of benzene rings is 1. The van der Waals surface area contributed by atoms with E-state index in [1.165, 1.54) is 58.9 Å². The predicted octanol–water partition coefficient (Wildman–Crippen LogP) is -0.784. The molecule has 32 heavy (non-hydrogen) atoms. The van der Waals surface area contributed by atoms with Gasteiger partial charge in [-0.15, -0.1) is 16.9 Å². The normalized spacial score (nSPS) is 20.7. The number of β-lactam (4-membered cyclic amide) rings is 1. The molecule has 1 fully saturated rings. The number of nitrogens with two attached hydrogens (primary N) is 1. The molecule has 1 unspecified atom stereocenters. The van der Waals surface area contributed by atoms with Crippen molar-refractivity contribution >= 4 is 41.3 Å². The number of carboxylic acid groups (broad SMARTS) is 1. The Kier molecular flexibility index (Phi) is 7.08. The summed E-state index contributed by atoms with van der Waals surface area (Å²) in [6, 6.07) is 3.98. The van der Waals surface area contributed by atoms with E-state index < -0.39 is 35.2 Å². The number of hydrogen-bond acceptors (Lipinski definition) is 9. The lowest BCUT2D eigenvalue weighted by Gasteiger charge is -2.49. The van der Waals surface area contributed by atoms with Crippen LogP contribution in [-0.2, 0) is 14.4 Å². The molecule has 0 spiro atoms. The van der Waals surface area contributed by atoms with Crippen LogP contribution >= 0.6 is 23.5 Å². The Morgan fingerprint density at radius 1 is 1.38 bits per heavy atom. The number of phenols is 1. The highest BCUT2D eigenvalue weighted by atomic mass is 32.2. The van der Waals surface area contributed by atoms with Crippen molar-refractivity contribution in [2.24, 2.45) is 5.73 Å². The Hall–Kier alpha value is -3.07. The highest BCUT2D eigenvalue weighted by Gasteiger charge is 2.54. The van der Waals surface area contributed by atoms with Gasteiger partial charge in [0.15, 0.2) is 0 Å². The molecule has 2 aliphatic heterocycles. The smallest absolute Gasteiger partial charge is 0.352 e. The van der Waals surface area contributed by atoms with Gasteiger partial charge in [-0.05, 0) is 23.3 Å². The summed E-state index contributed by atoms with van der Waals surface area (Å²) in [5, 5.41) is 31.9. The van der Waals surface area contributed by atoms with Crippen molar-refractivity contribution < 1.29 is 30.1 Å². The maximum atomic E-state index is 12.7. The van der Waals surface area contributed by atoms with Crippen molar-refractivity contribution in [2.75, 3.05) is 11.5 Å². The van der Waals surface area contributed by atoms with Crippen LogP contribution in [0.4, 0.5) is 0 Å². The topological polar surface area (TPSA) is 206 Å². The van der Waals surface area contributed by atoms with Gasteiger partial charge in [-0.1, -0.05) is 23.9 Å². The second-order valence-corrected chi connectivity index (χ2v) is 8.92. The lowest BCUT2D eigenvalue weighted by molar-refractivity contribution is -0.150. The molecule has 0 bridgehead atoms. The number of H-pyrrole nitrogens is 1. The number of aromatic nitrogens is 3. The van der Waals surface area contributed by atoms with Crippen molar-refractivity contribution in [2.45, 2.75) is 22.5 Å². The minimum absolute atomic E-state index is 0. The Morgan fingerprint density at radius 3 is 2.72 bits per heavy atom. The molecule has 1 aromatic carbocycles. The fraction of sp³-hybridized carbons (Fsp3) is 0.278. The number of amides is 2. The van der Waals surface area contributed by atoms with E-state index in [-0.39, 0.29) is 16.9 Å². The molecule has 3 atom stereocenters. The lowest BCUT2D eigenvalue weighted by atomic mass is 10.0. The first-order valence-corrected chi connectivity index (χ1v) is 11.1. The molecule has 4 rings (SSSR count). The Balaban J connectivity index is 0.00000289. The SMILES string of the molecule is N[C@@H](C(=O)NC1C(=O)N2C(C(=O)O)=C(CSc3cn[nH]n3)CS[C@H]12)c1ccc(O)cc1.O. The Bertz CT molecular complexity index is 1040. The largest absolute Gasteiger partial charge is 0.508 e. The number of fused-ring (bicyclic) bond motifs is 1. The molecule has 0 saturated carbocycles. The van der Waals surface area contributed by atoms with E-state index in [2.05, 4.69) is 20.7 Å². The molecule has 0 radical (unpaired) electrons. The number of carboxylic acids is 1. The molecule has 2 aliphatic rings. The van der Waals surface area contributed by atoms with Crippen LogP contribution < -0.4 is 11.1 Å². The summed E-state index contributed by atoms with van der Waals surface area (Å²) in [5.41, 5.74) is 6.99. The van der Waals surface area contributed by atoms with Gasteiger partial charge in [0.25, 0.3) is 5.91 Å². The second-order valence-electron chi connectivity index (χ2n) is 6.82. The number of nitrogens with one attached hydrogen (secondary N) is 2. The van der Waals surface area contributed by atoms with Gasteiger partial charge < -0.3 is 26.7 Å². The minimum atomic E-state index is -1.19. The van der Waals surface area contributed by atoms with E-state index in [1.807, 2.05) is 0 Å². The van der Waals surface area contributed by atoms with Crippen molar-refractivity contribution in [3.05, 3.63) is 47.3 Å². The average Bonchev–Trinajstić information content (AvgIpc) is 3.28. The average molecular weight is 481 g/mol. The molecule has 8 N–H and O–H groups in total. The van der Waals surface area contributed by atoms with E-state index in [1.54, 1.807) is 0 Å². The zero-order chi connectivity index (χ0) is 22.1. The van der Waals surface area contributed by atoms with Crippen molar-refractivity contribution in [3.63, 3.8) is 0 Å². The highest BCUT2D eigenvalue weighted by molar-refractivity contribution is 8.01. The van der Waals surface area contributed by atoms with Gasteiger partial charge in [0.05, 0.1) is 6.20 Å². The number of aromatic hydroxyl groups is 1. The summed E-state index contributed by atoms with van der Waals surface area (Å²) >= 11 is 2.70. The molecule has 2 amide bonds. The summed E-state index contributed by atoms with van der Waals surface area (Å²) < 4.78 is 0. The van der Waals surface area contributed by atoms with Crippen LogP contribution in [0.1, 0.15) is 11.6 Å². The van der Waals surface area contributed by atoms with Crippen LogP contribution in [0.3, 0.4) is 0 Å². The Morgan fingerprint density at radius 2 is 2.09 bits per heavy atom.